The zero-order chi connectivity index (χ0) is 22.9. The van der Waals surface area contributed by atoms with Gasteiger partial charge in [-0.2, -0.15) is 23.5 Å². The minimum Gasteiger partial charge on any atom is -0.365 e. The maximum atomic E-state index is 12.8. The van der Waals surface area contributed by atoms with E-state index in [1.165, 1.54) is 37.6 Å². The predicted octanol–water partition coefficient (Wildman–Crippen LogP) is 4.12. The molecule has 0 aliphatic heterocycles. The van der Waals surface area contributed by atoms with Crippen LogP contribution in [0.1, 0.15) is 60.5 Å². The van der Waals surface area contributed by atoms with Crippen molar-refractivity contribution in [2.45, 2.75) is 62.8 Å². The van der Waals surface area contributed by atoms with Crippen LogP contribution in [0.3, 0.4) is 0 Å². The van der Waals surface area contributed by atoms with Crippen LogP contribution in [0, 0.1) is 17.2 Å². The van der Waals surface area contributed by atoms with Crippen molar-refractivity contribution in [1.82, 2.24) is 15.1 Å². The van der Waals surface area contributed by atoms with E-state index < -0.39 is 17.6 Å². The second kappa shape index (κ2) is 8.82. The number of benzene rings is 1. The van der Waals surface area contributed by atoms with Crippen molar-refractivity contribution in [3.63, 3.8) is 0 Å². The third-order valence-corrected chi connectivity index (χ3v) is 6.37. The van der Waals surface area contributed by atoms with Gasteiger partial charge in [0.1, 0.15) is 5.56 Å². The summed E-state index contributed by atoms with van der Waals surface area (Å²) in [6.45, 7) is 0. The summed E-state index contributed by atoms with van der Waals surface area (Å²) in [6, 6.07) is 7.43. The molecular weight excluding hydrogens is 421 g/mol. The van der Waals surface area contributed by atoms with E-state index in [0.717, 1.165) is 25.0 Å². The van der Waals surface area contributed by atoms with Crippen LogP contribution in [-0.2, 0) is 6.18 Å². The van der Waals surface area contributed by atoms with Gasteiger partial charge in [-0.15, -0.1) is 0 Å². The Morgan fingerprint density at radius 1 is 1.16 bits per heavy atom. The Labute approximate surface area is 183 Å². The molecule has 4 N–H and O–H groups in total. The molecule has 2 aromatic rings. The van der Waals surface area contributed by atoms with E-state index in [1.54, 1.807) is 4.68 Å². The molecule has 2 fully saturated rings. The van der Waals surface area contributed by atoms with Crippen LogP contribution < -0.4 is 16.4 Å². The molecule has 1 heterocycles. The van der Waals surface area contributed by atoms with E-state index in [-0.39, 0.29) is 29.4 Å². The SMILES string of the molecule is N#C[C@@H]1C[C@@H](NC2CCC2)CC[C@H]1n1cc(C(N)=O)c(Nc2ccc(C(F)(F)F)cc2)n1. The van der Waals surface area contributed by atoms with Gasteiger partial charge >= 0.3 is 6.18 Å². The molecule has 170 valence electrons. The summed E-state index contributed by atoms with van der Waals surface area (Å²) >= 11 is 0. The Kier molecular flexibility index (Phi) is 6.11. The predicted molar refractivity (Wildman–Crippen MR) is 112 cm³/mol. The number of alkyl halides is 3. The molecule has 0 unspecified atom stereocenters. The average Bonchev–Trinajstić information content (AvgIpc) is 3.14. The van der Waals surface area contributed by atoms with Crippen molar-refractivity contribution in [3.05, 3.63) is 41.6 Å². The number of nitrogens with two attached hydrogens (primary N) is 1. The molecule has 1 aromatic heterocycles. The first-order valence-electron chi connectivity index (χ1n) is 10.7. The fourth-order valence-electron chi connectivity index (χ4n) is 4.38. The Morgan fingerprint density at radius 3 is 2.44 bits per heavy atom. The fourth-order valence-corrected chi connectivity index (χ4v) is 4.38. The van der Waals surface area contributed by atoms with E-state index >= 15 is 0 Å². The van der Waals surface area contributed by atoms with Gasteiger partial charge in [0, 0.05) is 24.0 Å². The molecule has 2 aliphatic carbocycles. The van der Waals surface area contributed by atoms with Crippen molar-refractivity contribution in [3.8, 4) is 6.07 Å². The second-order valence-electron chi connectivity index (χ2n) is 8.54. The van der Waals surface area contributed by atoms with Gasteiger partial charge in [-0.3, -0.25) is 9.48 Å². The lowest BCUT2D eigenvalue weighted by atomic mass is 9.81. The number of amides is 1. The van der Waals surface area contributed by atoms with Crippen LogP contribution in [0.15, 0.2) is 30.5 Å². The number of nitrogens with zero attached hydrogens (tertiary/aromatic N) is 3. The van der Waals surface area contributed by atoms with Gasteiger partial charge < -0.3 is 16.4 Å². The molecule has 0 saturated heterocycles. The smallest absolute Gasteiger partial charge is 0.365 e. The highest BCUT2D eigenvalue weighted by Crippen LogP contribution is 2.36. The number of anilines is 2. The molecular formula is C22H25F3N6O. The van der Waals surface area contributed by atoms with Crippen LogP contribution in [0.5, 0.6) is 0 Å². The largest absolute Gasteiger partial charge is 0.416 e. The molecule has 0 spiro atoms. The molecule has 3 atom stereocenters. The number of aromatic nitrogens is 2. The lowest BCUT2D eigenvalue weighted by Crippen LogP contribution is -2.46. The van der Waals surface area contributed by atoms with Crippen molar-refractivity contribution in [2.24, 2.45) is 11.7 Å². The Balaban J connectivity index is 1.51. The van der Waals surface area contributed by atoms with E-state index in [0.29, 0.717) is 18.2 Å². The van der Waals surface area contributed by atoms with Crippen molar-refractivity contribution >= 4 is 17.4 Å². The average molecular weight is 446 g/mol. The summed E-state index contributed by atoms with van der Waals surface area (Å²) in [6.07, 6.45) is 3.00. The van der Waals surface area contributed by atoms with E-state index in [2.05, 4.69) is 21.8 Å². The Bertz CT molecular complexity index is 1010. The van der Waals surface area contributed by atoms with Gasteiger partial charge in [-0.05, 0) is 56.4 Å². The van der Waals surface area contributed by atoms with Crippen LogP contribution in [0.4, 0.5) is 24.7 Å². The number of halogens is 3. The molecule has 10 heteroatoms. The quantitative estimate of drug-likeness (QED) is 0.619. The summed E-state index contributed by atoms with van der Waals surface area (Å²) in [4.78, 5) is 12.0. The summed E-state index contributed by atoms with van der Waals surface area (Å²) in [5.41, 5.74) is 5.20. The van der Waals surface area contributed by atoms with Crippen molar-refractivity contribution < 1.29 is 18.0 Å². The van der Waals surface area contributed by atoms with Gasteiger partial charge in [-0.25, -0.2) is 0 Å². The highest BCUT2D eigenvalue weighted by atomic mass is 19.4. The Hall–Kier alpha value is -3.06. The first-order valence-corrected chi connectivity index (χ1v) is 10.7. The highest BCUT2D eigenvalue weighted by Gasteiger charge is 2.35. The second-order valence-corrected chi connectivity index (χ2v) is 8.54. The van der Waals surface area contributed by atoms with Gasteiger partial charge in [-0.1, -0.05) is 6.42 Å². The number of carbonyl (C=O) groups is 1. The first kappa shape index (κ1) is 22.1. The third kappa shape index (κ3) is 4.72. The molecule has 2 aliphatic rings. The first-order chi connectivity index (χ1) is 15.2. The molecule has 1 amide bonds. The standard InChI is InChI=1S/C22H25F3N6O/c23-22(24,25)14-4-6-16(7-5-14)29-21-18(20(27)32)12-31(30-21)19-9-8-17(10-13(19)11-26)28-15-2-1-3-15/h4-7,12-13,15,17,19,28H,1-3,8-10H2,(H2,27,32)(H,29,30)/t13-,17-,19+/m0/s1. The molecule has 0 bridgehead atoms. The number of primary amides is 1. The summed E-state index contributed by atoms with van der Waals surface area (Å²) < 4.78 is 40.0. The molecule has 4 rings (SSSR count). The number of hydrogen-bond donors (Lipinski definition) is 3. The summed E-state index contributed by atoms with van der Waals surface area (Å²) in [5.74, 6) is -0.830. The normalized spacial score (nSPS) is 23.9. The number of nitrogens with one attached hydrogen (secondary N) is 2. The molecule has 2 saturated carbocycles. The van der Waals surface area contributed by atoms with Crippen LogP contribution in [0.2, 0.25) is 0 Å². The fraction of sp³-hybridized carbons (Fsp3) is 0.500. The lowest BCUT2D eigenvalue weighted by molar-refractivity contribution is -0.137. The number of carbonyl (C=O) groups excluding carboxylic acids is 1. The maximum absolute atomic E-state index is 12.8. The highest BCUT2D eigenvalue weighted by molar-refractivity contribution is 5.98. The van der Waals surface area contributed by atoms with Crippen molar-refractivity contribution in [2.75, 3.05) is 5.32 Å². The zero-order valence-corrected chi connectivity index (χ0v) is 17.4. The topological polar surface area (TPSA) is 109 Å². The number of nitriles is 1. The third-order valence-electron chi connectivity index (χ3n) is 6.37. The minimum atomic E-state index is -4.43. The number of rotatable bonds is 6. The summed E-state index contributed by atoms with van der Waals surface area (Å²) in [7, 11) is 0. The maximum Gasteiger partial charge on any atom is 0.416 e. The van der Waals surface area contributed by atoms with Crippen molar-refractivity contribution in [1.29, 1.82) is 5.26 Å². The lowest BCUT2D eigenvalue weighted by Gasteiger charge is -2.37. The van der Waals surface area contributed by atoms with Crippen LogP contribution >= 0.6 is 0 Å². The zero-order valence-electron chi connectivity index (χ0n) is 17.4. The summed E-state index contributed by atoms with van der Waals surface area (Å²) in [5, 5.41) is 20.7. The molecule has 7 nitrogen and oxygen atoms in total. The van der Waals surface area contributed by atoms with E-state index in [4.69, 9.17) is 5.73 Å². The Morgan fingerprint density at radius 2 is 1.88 bits per heavy atom. The molecule has 0 radical (unpaired) electrons. The molecule has 32 heavy (non-hydrogen) atoms. The van der Waals surface area contributed by atoms with E-state index in [9.17, 15) is 23.2 Å². The monoisotopic (exact) mass is 446 g/mol. The van der Waals surface area contributed by atoms with Gasteiger partial charge in [0.05, 0.1) is 23.6 Å². The van der Waals surface area contributed by atoms with Gasteiger partial charge in [0.2, 0.25) is 0 Å². The minimum absolute atomic E-state index is 0.122. The van der Waals surface area contributed by atoms with Crippen LogP contribution in [0.25, 0.3) is 0 Å². The van der Waals surface area contributed by atoms with Gasteiger partial charge in [0.15, 0.2) is 5.82 Å². The molecule has 1 aromatic carbocycles. The van der Waals surface area contributed by atoms with E-state index in [1.807, 2.05) is 0 Å². The van der Waals surface area contributed by atoms with Crippen LogP contribution in [-0.4, -0.2) is 27.8 Å². The number of hydrogen-bond acceptors (Lipinski definition) is 5. The van der Waals surface area contributed by atoms with Gasteiger partial charge in [0.25, 0.3) is 5.91 Å².